The van der Waals surface area contributed by atoms with Crippen molar-refractivity contribution in [2.24, 2.45) is 23.7 Å². The fraction of sp³-hybridized carbons (Fsp3) is 0.750. The predicted molar refractivity (Wildman–Crippen MR) is 232 cm³/mol. The van der Waals surface area contributed by atoms with E-state index >= 15 is 0 Å². The number of carbonyl (C=O) groups excluding carboxylic acids is 1. The van der Waals surface area contributed by atoms with Gasteiger partial charge in [-0.05, 0) is 49.0 Å². The van der Waals surface area contributed by atoms with Crippen LogP contribution in [0.3, 0.4) is 0 Å². The Hall–Kier alpha value is -2.92. The lowest BCUT2D eigenvalue weighted by Crippen LogP contribution is -2.58. The molecule has 4 saturated heterocycles. The van der Waals surface area contributed by atoms with Gasteiger partial charge in [0, 0.05) is 51.7 Å². The standard InChI is InChI=1S/C48H70O18/c1-9-24(2)40-27(5)15-16-47(66-40)21-31-18-30(65-47)14-13-26(4)39(25(3)11-10-12-29-22-59-43-38(51)28(6)17-32(44(52)60-31)48(29,43)55)61-36-20-34(57-8)42(46(54)64-36)62-37-19-33(56-7)41(45(53)63-37)58-23-35(49)50/h10-13,15-17,24-25,27,30-34,36-43,45-46,51,53-55H,9,14,18-23H2,1-8H3,(H,49,50)/b11-10+,26-13+,29-12+/t24?,25-,27-,30+,31-,32?,33-,34-,36+,37+,38+,39-,40+,41+,42+,43+,45+,46+,47?,48+/m0/s1. The highest BCUT2D eigenvalue weighted by atomic mass is 16.8. The first kappa shape index (κ1) is 50.9. The molecule has 0 aromatic carbocycles. The lowest BCUT2D eigenvalue weighted by Gasteiger charge is -2.48. The molecule has 5 N–H and O–H groups in total. The van der Waals surface area contributed by atoms with Crippen LogP contribution in [0.2, 0.25) is 0 Å². The van der Waals surface area contributed by atoms with Crippen molar-refractivity contribution < 1.29 is 87.2 Å². The van der Waals surface area contributed by atoms with Crippen molar-refractivity contribution in [3.63, 3.8) is 0 Å². The highest BCUT2D eigenvalue weighted by Gasteiger charge is 2.60. The van der Waals surface area contributed by atoms with Gasteiger partial charge in [0.05, 0.1) is 37.1 Å². The highest BCUT2D eigenvalue weighted by Crippen LogP contribution is 2.47. The number of carboxylic acid groups (broad SMARTS) is 1. The van der Waals surface area contributed by atoms with E-state index in [1.807, 2.05) is 32.1 Å². The minimum atomic E-state index is -1.89. The molecule has 20 atom stereocenters. The normalized spacial score (nSPS) is 46.8. The molecule has 6 heterocycles. The number of allylic oxidation sites excluding steroid dienone is 2. The molecule has 1 aliphatic carbocycles. The summed E-state index contributed by atoms with van der Waals surface area (Å²) in [7, 11) is 2.86. The van der Waals surface area contributed by atoms with Crippen LogP contribution < -0.4 is 0 Å². The van der Waals surface area contributed by atoms with Crippen LogP contribution in [0.15, 0.2) is 59.3 Å². The van der Waals surface area contributed by atoms with Crippen molar-refractivity contribution in [2.75, 3.05) is 27.4 Å². The van der Waals surface area contributed by atoms with Gasteiger partial charge in [-0.25, -0.2) is 4.79 Å². The fourth-order valence-electron chi connectivity index (χ4n) is 10.5. The number of ether oxygens (including phenoxy) is 11. The number of aliphatic hydroxyl groups is 4. The summed E-state index contributed by atoms with van der Waals surface area (Å²) in [5.41, 5.74) is -0.160. The average molecular weight is 935 g/mol. The minimum Gasteiger partial charge on any atom is -0.480 e. The molecule has 18 nitrogen and oxygen atoms in total. The van der Waals surface area contributed by atoms with E-state index in [9.17, 15) is 30.0 Å². The number of esters is 1. The van der Waals surface area contributed by atoms with E-state index in [0.717, 1.165) is 12.0 Å². The van der Waals surface area contributed by atoms with Crippen molar-refractivity contribution in [2.45, 2.75) is 178 Å². The number of fused-ring (bicyclic) bond motifs is 2. The molecule has 7 rings (SSSR count). The van der Waals surface area contributed by atoms with Crippen LogP contribution in [0.4, 0.5) is 0 Å². The van der Waals surface area contributed by atoms with Gasteiger partial charge in [-0.3, -0.25) is 4.79 Å². The maximum Gasteiger partial charge on any atom is 0.329 e. The molecule has 0 aromatic rings. The molecular formula is C48H70O18. The van der Waals surface area contributed by atoms with Gasteiger partial charge in [-0.1, -0.05) is 70.6 Å². The Morgan fingerprint density at radius 3 is 2.27 bits per heavy atom. The Balaban J connectivity index is 1.15. The van der Waals surface area contributed by atoms with Crippen molar-refractivity contribution in [3.8, 4) is 0 Å². The maximum atomic E-state index is 14.3. The zero-order valence-electron chi connectivity index (χ0n) is 39.1. The number of methoxy groups -OCH3 is 2. The first-order valence-electron chi connectivity index (χ1n) is 23.3. The molecule has 1 spiro atoms. The molecule has 7 aliphatic rings. The Bertz CT molecular complexity index is 1860. The van der Waals surface area contributed by atoms with Crippen LogP contribution in [-0.2, 0) is 61.7 Å². The largest absolute Gasteiger partial charge is 0.480 e. The quantitative estimate of drug-likeness (QED) is 0.148. The van der Waals surface area contributed by atoms with Gasteiger partial charge in [0.2, 0.25) is 0 Å². The van der Waals surface area contributed by atoms with Crippen molar-refractivity contribution in [3.05, 3.63) is 59.3 Å². The first-order valence-corrected chi connectivity index (χ1v) is 23.3. The summed E-state index contributed by atoms with van der Waals surface area (Å²) in [6, 6.07) is 0. The molecule has 2 bridgehead atoms. The summed E-state index contributed by atoms with van der Waals surface area (Å²) in [6.45, 7) is 11.3. The van der Waals surface area contributed by atoms with Crippen molar-refractivity contribution in [1.82, 2.24) is 0 Å². The van der Waals surface area contributed by atoms with E-state index in [4.69, 9.17) is 57.2 Å². The average Bonchev–Trinajstić information content (AvgIpc) is 3.62. The third-order valence-electron chi connectivity index (χ3n) is 14.4. The van der Waals surface area contributed by atoms with Crippen molar-refractivity contribution in [1.29, 1.82) is 0 Å². The first-order chi connectivity index (χ1) is 31.4. The molecule has 0 aromatic heterocycles. The summed E-state index contributed by atoms with van der Waals surface area (Å²) < 4.78 is 67.2. The molecule has 370 valence electrons. The molecule has 0 amide bonds. The van der Waals surface area contributed by atoms with E-state index in [0.29, 0.717) is 24.0 Å². The SMILES string of the molecule is CCC(C)[C@H]1OC2(C=C[C@@H]1C)C[C@@H]1C[C@@H](C/C=C(\C)[C@@H](O[C@H]3C[C@H](OC)[C@@H](O[C@H]4C[C@H](OC)[C@@H](OCC(=O)O)[C@H](O)O4)[C@H](O)O3)[C@@H](C)/C=C/C=C3\CO[C@@H]4[C@H](O)C(C)=CC(C(=O)O1)[C@]34O)O2. The summed E-state index contributed by atoms with van der Waals surface area (Å²) in [4.78, 5) is 25.5. The maximum absolute atomic E-state index is 14.3. The highest BCUT2D eigenvalue weighted by molar-refractivity contribution is 5.78. The topological polar surface area (TPSA) is 237 Å². The second-order valence-corrected chi connectivity index (χ2v) is 19.0. The number of rotatable bonds is 11. The van der Waals surface area contributed by atoms with E-state index in [2.05, 4.69) is 26.8 Å². The lowest BCUT2D eigenvalue weighted by molar-refractivity contribution is -0.371. The molecule has 0 radical (unpaired) electrons. The van der Waals surface area contributed by atoms with Crippen LogP contribution >= 0.6 is 0 Å². The number of carboxylic acids is 1. The van der Waals surface area contributed by atoms with E-state index in [1.54, 1.807) is 25.2 Å². The summed E-state index contributed by atoms with van der Waals surface area (Å²) in [5.74, 6) is -4.16. The Labute approximate surface area is 386 Å². The van der Waals surface area contributed by atoms with E-state index < -0.39 is 116 Å². The summed E-state index contributed by atoms with van der Waals surface area (Å²) in [6.07, 6.45) is 2.01. The second-order valence-electron chi connectivity index (χ2n) is 19.0. The Morgan fingerprint density at radius 2 is 1.59 bits per heavy atom. The van der Waals surface area contributed by atoms with Gasteiger partial charge >= 0.3 is 11.9 Å². The van der Waals surface area contributed by atoms with Gasteiger partial charge in [0.25, 0.3) is 0 Å². The smallest absolute Gasteiger partial charge is 0.329 e. The number of hydrogen-bond donors (Lipinski definition) is 5. The molecule has 3 unspecified atom stereocenters. The van der Waals surface area contributed by atoms with Crippen LogP contribution in [-0.4, -0.2) is 162 Å². The van der Waals surface area contributed by atoms with Crippen LogP contribution in [0, 0.1) is 23.7 Å². The van der Waals surface area contributed by atoms with E-state index in [-0.39, 0.29) is 49.7 Å². The zero-order chi connectivity index (χ0) is 47.7. The third-order valence-corrected chi connectivity index (χ3v) is 14.4. The van der Waals surface area contributed by atoms with Crippen LogP contribution in [0.1, 0.15) is 80.1 Å². The molecule has 4 fully saturated rings. The lowest BCUT2D eigenvalue weighted by atomic mass is 9.71. The van der Waals surface area contributed by atoms with Gasteiger partial charge in [-0.15, -0.1) is 0 Å². The zero-order valence-corrected chi connectivity index (χ0v) is 39.1. The fourth-order valence-corrected chi connectivity index (χ4v) is 10.5. The van der Waals surface area contributed by atoms with E-state index in [1.165, 1.54) is 14.2 Å². The molecule has 18 heteroatoms. The van der Waals surface area contributed by atoms with Gasteiger partial charge in [0.1, 0.15) is 48.6 Å². The molecule has 6 aliphatic heterocycles. The number of aliphatic carboxylic acids is 1. The van der Waals surface area contributed by atoms with Gasteiger partial charge in [0.15, 0.2) is 30.9 Å². The van der Waals surface area contributed by atoms with Crippen LogP contribution in [0.25, 0.3) is 0 Å². The van der Waals surface area contributed by atoms with Crippen LogP contribution in [0.5, 0.6) is 0 Å². The third kappa shape index (κ3) is 10.8. The Morgan fingerprint density at radius 1 is 0.909 bits per heavy atom. The number of carbonyl (C=O) groups is 2. The number of hydrogen-bond acceptors (Lipinski definition) is 17. The second kappa shape index (κ2) is 21.4. The van der Waals surface area contributed by atoms with Crippen molar-refractivity contribution >= 4 is 11.9 Å². The monoisotopic (exact) mass is 934 g/mol. The molecular weight excluding hydrogens is 865 g/mol. The predicted octanol–water partition coefficient (Wildman–Crippen LogP) is 3.35. The minimum absolute atomic E-state index is 0.0253. The molecule has 0 saturated carbocycles. The summed E-state index contributed by atoms with van der Waals surface area (Å²) in [5, 5.41) is 54.9. The molecule has 66 heavy (non-hydrogen) atoms. The van der Waals surface area contributed by atoms with Gasteiger partial charge < -0.3 is 77.6 Å². The number of aliphatic hydroxyl groups excluding tert-OH is 3. The Kier molecular flexibility index (Phi) is 16.5. The van der Waals surface area contributed by atoms with Gasteiger partial charge in [-0.2, -0.15) is 0 Å². The summed E-state index contributed by atoms with van der Waals surface area (Å²) >= 11 is 0.